The molecule has 3 rings (SSSR count). The average Bonchev–Trinajstić information content (AvgIpc) is 2.73. The van der Waals surface area contributed by atoms with Crippen molar-refractivity contribution in [3.8, 4) is 0 Å². The normalized spacial score (nSPS) is 30.6. The summed E-state index contributed by atoms with van der Waals surface area (Å²) in [5, 5.41) is 3.82. The van der Waals surface area contributed by atoms with Gasteiger partial charge < -0.3 is 5.32 Å². The van der Waals surface area contributed by atoms with Crippen LogP contribution in [0.4, 0.5) is 0 Å². The van der Waals surface area contributed by atoms with Gasteiger partial charge in [0.25, 0.3) is 0 Å². The van der Waals surface area contributed by atoms with Crippen LogP contribution in [0, 0.1) is 5.41 Å². The first-order valence-corrected chi connectivity index (χ1v) is 7.16. The zero-order chi connectivity index (χ0) is 12.6. The quantitative estimate of drug-likeness (QED) is 0.876. The van der Waals surface area contributed by atoms with E-state index in [4.69, 9.17) is 0 Å². The molecule has 0 bridgehead atoms. The molecule has 1 aliphatic heterocycles. The van der Waals surface area contributed by atoms with Gasteiger partial charge in [-0.25, -0.2) is 0 Å². The lowest BCUT2D eigenvalue weighted by Gasteiger charge is -2.17. The van der Waals surface area contributed by atoms with E-state index in [1.165, 1.54) is 31.5 Å². The molecular weight excluding hydrogens is 220 g/mol. The lowest BCUT2D eigenvalue weighted by Crippen LogP contribution is -2.35. The highest BCUT2D eigenvalue weighted by Crippen LogP contribution is 2.45. The molecule has 1 N–H and O–H groups in total. The molecule has 2 nitrogen and oxygen atoms in total. The van der Waals surface area contributed by atoms with Crippen LogP contribution in [0.15, 0.2) is 30.3 Å². The Labute approximate surface area is 110 Å². The predicted molar refractivity (Wildman–Crippen MR) is 75.4 cm³/mol. The molecule has 18 heavy (non-hydrogen) atoms. The highest BCUT2D eigenvalue weighted by Gasteiger charge is 2.46. The van der Waals surface area contributed by atoms with Crippen LogP contribution in [-0.2, 0) is 6.54 Å². The predicted octanol–water partition coefficient (Wildman–Crippen LogP) is 2.65. The molecule has 2 unspecified atom stereocenters. The summed E-state index contributed by atoms with van der Waals surface area (Å²) >= 11 is 0. The van der Waals surface area contributed by atoms with Gasteiger partial charge in [0, 0.05) is 31.7 Å². The first kappa shape index (κ1) is 12.2. The van der Waals surface area contributed by atoms with E-state index in [1.807, 2.05) is 0 Å². The lowest BCUT2D eigenvalue weighted by atomic mass is 10.1. The van der Waals surface area contributed by atoms with E-state index in [1.54, 1.807) is 0 Å². The third-order valence-electron chi connectivity index (χ3n) is 4.47. The Balaban J connectivity index is 1.47. The third kappa shape index (κ3) is 2.76. The van der Waals surface area contributed by atoms with E-state index < -0.39 is 0 Å². The van der Waals surface area contributed by atoms with Gasteiger partial charge in [-0.05, 0) is 23.8 Å². The van der Waals surface area contributed by atoms with E-state index in [9.17, 15) is 0 Å². The molecule has 1 aromatic carbocycles. The first-order chi connectivity index (χ1) is 8.63. The number of likely N-dealkylation sites (tertiary alicyclic amines) is 1. The Morgan fingerprint density at radius 2 is 2.00 bits per heavy atom. The van der Waals surface area contributed by atoms with Gasteiger partial charge in [-0.1, -0.05) is 44.2 Å². The standard InChI is InChI=1S/C16H24N2/c1-16(2)10-15(16)17-14-8-9-18(12-14)11-13-6-4-3-5-7-13/h3-7,14-15,17H,8-12H2,1-2H3. The molecule has 1 aromatic rings. The van der Waals surface area contributed by atoms with Crippen LogP contribution in [-0.4, -0.2) is 30.1 Å². The van der Waals surface area contributed by atoms with Gasteiger partial charge in [0.05, 0.1) is 0 Å². The third-order valence-corrected chi connectivity index (χ3v) is 4.47. The Hall–Kier alpha value is -0.860. The minimum Gasteiger partial charge on any atom is -0.309 e. The molecule has 0 spiro atoms. The number of nitrogens with zero attached hydrogens (tertiary/aromatic N) is 1. The summed E-state index contributed by atoms with van der Waals surface area (Å²) in [5.41, 5.74) is 1.98. The van der Waals surface area contributed by atoms with Crippen molar-refractivity contribution in [2.75, 3.05) is 13.1 Å². The molecule has 0 radical (unpaired) electrons. The maximum absolute atomic E-state index is 3.82. The molecule has 2 fully saturated rings. The summed E-state index contributed by atoms with van der Waals surface area (Å²) in [6.07, 6.45) is 2.65. The summed E-state index contributed by atoms with van der Waals surface area (Å²) in [4.78, 5) is 2.57. The van der Waals surface area contributed by atoms with Crippen molar-refractivity contribution in [1.29, 1.82) is 0 Å². The Morgan fingerprint density at radius 1 is 1.28 bits per heavy atom. The van der Waals surface area contributed by atoms with E-state index in [2.05, 4.69) is 54.4 Å². The van der Waals surface area contributed by atoms with Crippen LogP contribution < -0.4 is 5.32 Å². The molecule has 1 aliphatic carbocycles. The smallest absolute Gasteiger partial charge is 0.0234 e. The van der Waals surface area contributed by atoms with Crippen molar-refractivity contribution < 1.29 is 0 Å². The average molecular weight is 244 g/mol. The summed E-state index contributed by atoms with van der Waals surface area (Å²) in [6, 6.07) is 12.3. The number of hydrogen-bond donors (Lipinski definition) is 1. The largest absolute Gasteiger partial charge is 0.309 e. The molecule has 2 aliphatic rings. The summed E-state index contributed by atoms with van der Waals surface area (Å²) in [5.74, 6) is 0. The van der Waals surface area contributed by atoms with Crippen LogP contribution in [0.3, 0.4) is 0 Å². The Bertz CT molecular complexity index is 399. The molecule has 1 saturated carbocycles. The Morgan fingerprint density at radius 3 is 2.67 bits per heavy atom. The van der Waals surface area contributed by atoms with E-state index >= 15 is 0 Å². The Kier molecular flexibility index (Phi) is 3.16. The van der Waals surface area contributed by atoms with Crippen LogP contribution >= 0.6 is 0 Å². The fraction of sp³-hybridized carbons (Fsp3) is 0.625. The van der Waals surface area contributed by atoms with Crippen LogP contribution in [0.5, 0.6) is 0 Å². The second-order valence-corrected chi connectivity index (χ2v) is 6.62. The van der Waals surface area contributed by atoms with Crippen molar-refractivity contribution in [2.45, 2.75) is 45.3 Å². The highest BCUT2D eigenvalue weighted by molar-refractivity contribution is 5.14. The van der Waals surface area contributed by atoms with E-state index in [0.717, 1.165) is 12.6 Å². The number of benzene rings is 1. The molecule has 1 saturated heterocycles. The highest BCUT2D eigenvalue weighted by atomic mass is 15.2. The van der Waals surface area contributed by atoms with E-state index in [0.29, 0.717) is 11.5 Å². The van der Waals surface area contributed by atoms with Gasteiger partial charge in [0.2, 0.25) is 0 Å². The zero-order valence-corrected chi connectivity index (χ0v) is 11.5. The summed E-state index contributed by atoms with van der Waals surface area (Å²) in [7, 11) is 0. The zero-order valence-electron chi connectivity index (χ0n) is 11.5. The minimum absolute atomic E-state index is 0.548. The summed E-state index contributed by atoms with van der Waals surface area (Å²) in [6.45, 7) is 8.27. The second-order valence-electron chi connectivity index (χ2n) is 6.62. The van der Waals surface area contributed by atoms with Crippen LogP contribution in [0.25, 0.3) is 0 Å². The number of nitrogens with one attached hydrogen (secondary N) is 1. The second kappa shape index (κ2) is 4.67. The topological polar surface area (TPSA) is 15.3 Å². The molecule has 1 heterocycles. The van der Waals surface area contributed by atoms with Crippen molar-refractivity contribution in [3.63, 3.8) is 0 Å². The van der Waals surface area contributed by atoms with Gasteiger partial charge in [-0.2, -0.15) is 0 Å². The maximum atomic E-state index is 3.82. The van der Waals surface area contributed by atoms with Crippen molar-refractivity contribution in [2.24, 2.45) is 5.41 Å². The van der Waals surface area contributed by atoms with E-state index in [-0.39, 0.29) is 0 Å². The van der Waals surface area contributed by atoms with Gasteiger partial charge in [0.15, 0.2) is 0 Å². The van der Waals surface area contributed by atoms with Crippen LogP contribution in [0.2, 0.25) is 0 Å². The molecule has 0 amide bonds. The van der Waals surface area contributed by atoms with Crippen molar-refractivity contribution in [1.82, 2.24) is 10.2 Å². The minimum atomic E-state index is 0.548. The van der Waals surface area contributed by atoms with Gasteiger partial charge in [0.1, 0.15) is 0 Å². The SMILES string of the molecule is CC1(C)CC1NC1CCN(Cc2ccccc2)C1. The lowest BCUT2D eigenvalue weighted by molar-refractivity contribution is 0.318. The van der Waals surface area contributed by atoms with Crippen molar-refractivity contribution >= 4 is 0 Å². The van der Waals surface area contributed by atoms with Gasteiger partial charge >= 0.3 is 0 Å². The maximum Gasteiger partial charge on any atom is 0.0234 e. The fourth-order valence-corrected chi connectivity index (χ4v) is 2.99. The van der Waals surface area contributed by atoms with Crippen LogP contribution in [0.1, 0.15) is 32.3 Å². The number of hydrogen-bond acceptors (Lipinski definition) is 2. The molecule has 2 heteroatoms. The fourth-order valence-electron chi connectivity index (χ4n) is 2.99. The van der Waals surface area contributed by atoms with Gasteiger partial charge in [-0.3, -0.25) is 4.90 Å². The number of rotatable bonds is 4. The molecule has 98 valence electrons. The molecule has 2 atom stereocenters. The molecule has 0 aromatic heterocycles. The first-order valence-electron chi connectivity index (χ1n) is 7.16. The van der Waals surface area contributed by atoms with Crippen molar-refractivity contribution in [3.05, 3.63) is 35.9 Å². The van der Waals surface area contributed by atoms with Gasteiger partial charge in [-0.15, -0.1) is 0 Å². The molecular formula is C16H24N2. The summed E-state index contributed by atoms with van der Waals surface area (Å²) < 4.78 is 0. The monoisotopic (exact) mass is 244 g/mol.